The Balaban J connectivity index is 1.46. The zero-order valence-corrected chi connectivity index (χ0v) is 13.0. The van der Waals surface area contributed by atoms with Gasteiger partial charge in [-0.1, -0.05) is 6.07 Å². The highest BCUT2D eigenvalue weighted by molar-refractivity contribution is 5.44. The van der Waals surface area contributed by atoms with Gasteiger partial charge in [0.2, 0.25) is 0 Å². The molecule has 3 rings (SSSR count). The summed E-state index contributed by atoms with van der Waals surface area (Å²) < 4.78 is 11.1. The number of hydrogen-bond acceptors (Lipinski definition) is 5. The van der Waals surface area contributed by atoms with Crippen molar-refractivity contribution in [2.75, 3.05) is 32.8 Å². The number of aliphatic hydroxyl groups is 1. The summed E-state index contributed by atoms with van der Waals surface area (Å²) in [5.74, 6) is 1.51. The monoisotopic (exact) mass is 306 g/mol. The number of fused-ring (bicyclic) bond motifs is 1. The summed E-state index contributed by atoms with van der Waals surface area (Å²) in [6.45, 7) is 4.37. The van der Waals surface area contributed by atoms with Crippen molar-refractivity contribution < 1.29 is 14.6 Å². The van der Waals surface area contributed by atoms with E-state index in [0.29, 0.717) is 19.3 Å². The van der Waals surface area contributed by atoms with E-state index in [1.165, 1.54) is 0 Å². The average Bonchev–Trinajstić information content (AvgIpc) is 2.56. The van der Waals surface area contributed by atoms with Gasteiger partial charge in [-0.25, -0.2) is 0 Å². The van der Waals surface area contributed by atoms with E-state index >= 15 is 0 Å². The Morgan fingerprint density at radius 3 is 2.68 bits per heavy atom. The molecule has 5 nitrogen and oxygen atoms in total. The van der Waals surface area contributed by atoms with Gasteiger partial charge in [0, 0.05) is 6.04 Å². The van der Waals surface area contributed by atoms with E-state index in [2.05, 4.69) is 4.90 Å². The third-order valence-corrected chi connectivity index (χ3v) is 4.54. The fraction of sp³-hybridized carbons (Fsp3) is 0.647. The summed E-state index contributed by atoms with van der Waals surface area (Å²) in [4.78, 5) is 2.44. The predicted octanol–water partition coefficient (Wildman–Crippen LogP) is 1.69. The van der Waals surface area contributed by atoms with Crippen LogP contribution in [0.25, 0.3) is 0 Å². The van der Waals surface area contributed by atoms with Crippen molar-refractivity contribution in [3.05, 3.63) is 23.8 Å². The summed E-state index contributed by atoms with van der Waals surface area (Å²) in [5, 5.41) is 10.4. The molecule has 0 spiro atoms. The summed E-state index contributed by atoms with van der Waals surface area (Å²) in [5.41, 5.74) is 6.82. The highest BCUT2D eigenvalue weighted by Gasteiger charge is 2.17. The first-order chi connectivity index (χ1) is 10.7. The number of ether oxygens (including phenoxy) is 2. The van der Waals surface area contributed by atoms with E-state index in [-0.39, 0.29) is 0 Å². The lowest BCUT2D eigenvalue weighted by Gasteiger charge is -2.30. The van der Waals surface area contributed by atoms with Crippen LogP contribution in [0.3, 0.4) is 0 Å². The number of nitrogens with two attached hydrogens (primary N) is 1. The van der Waals surface area contributed by atoms with Crippen molar-refractivity contribution in [1.82, 2.24) is 4.90 Å². The number of likely N-dealkylation sites (tertiary alicyclic amines) is 1. The molecular weight excluding hydrogens is 280 g/mol. The second kappa shape index (κ2) is 7.31. The lowest BCUT2D eigenvalue weighted by molar-refractivity contribution is 0.146. The third kappa shape index (κ3) is 3.91. The Hall–Kier alpha value is -1.30. The molecule has 1 aromatic carbocycles. The van der Waals surface area contributed by atoms with Gasteiger partial charge < -0.3 is 25.2 Å². The van der Waals surface area contributed by atoms with E-state index in [1.807, 2.05) is 18.2 Å². The minimum Gasteiger partial charge on any atom is -0.486 e. The van der Waals surface area contributed by atoms with Gasteiger partial charge in [0.15, 0.2) is 11.5 Å². The molecule has 0 saturated carbocycles. The number of aliphatic hydroxyl groups excluding tert-OH is 1. The van der Waals surface area contributed by atoms with Crippen molar-refractivity contribution in [1.29, 1.82) is 0 Å². The summed E-state index contributed by atoms with van der Waals surface area (Å²) in [7, 11) is 0. The molecule has 5 heteroatoms. The van der Waals surface area contributed by atoms with Crippen LogP contribution in [0, 0.1) is 0 Å². The fourth-order valence-corrected chi connectivity index (χ4v) is 3.12. The van der Waals surface area contributed by atoms with Gasteiger partial charge in [0.1, 0.15) is 13.2 Å². The lowest BCUT2D eigenvalue weighted by atomic mass is 10.0. The van der Waals surface area contributed by atoms with Crippen LogP contribution in [-0.2, 0) is 0 Å². The van der Waals surface area contributed by atoms with Crippen LogP contribution in [0.1, 0.15) is 37.4 Å². The highest BCUT2D eigenvalue weighted by atomic mass is 16.6. The van der Waals surface area contributed by atoms with Gasteiger partial charge in [-0.2, -0.15) is 0 Å². The third-order valence-electron chi connectivity index (χ3n) is 4.54. The molecular formula is C17H26N2O3. The molecule has 2 aliphatic heterocycles. The Labute approximate surface area is 132 Å². The molecule has 1 unspecified atom stereocenters. The molecule has 1 atom stereocenters. The van der Waals surface area contributed by atoms with Crippen molar-refractivity contribution in [3.63, 3.8) is 0 Å². The first-order valence-electron chi connectivity index (χ1n) is 8.28. The molecule has 3 N–H and O–H groups in total. The first kappa shape index (κ1) is 15.6. The molecule has 2 aliphatic rings. The molecule has 1 fully saturated rings. The topological polar surface area (TPSA) is 68.0 Å². The molecule has 22 heavy (non-hydrogen) atoms. The number of nitrogens with zero attached hydrogens (tertiary/aromatic N) is 1. The minimum absolute atomic E-state index is 0.375. The molecule has 1 saturated heterocycles. The number of benzene rings is 1. The molecule has 0 radical (unpaired) electrons. The predicted molar refractivity (Wildman–Crippen MR) is 85.3 cm³/mol. The maximum atomic E-state index is 10.4. The Kier molecular flexibility index (Phi) is 5.18. The van der Waals surface area contributed by atoms with E-state index in [4.69, 9.17) is 15.2 Å². The van der Waals surface area contributed by atoms with Gasteiger partial charge >= 0.3 is 0 Å². The normalized spacial score (nSPS) is 20.8. The van der Waals surface area contributed by atoms with E-state index < -0.39 is 6.10 Å². The Bertz CT molecular complexity index is 487. The van der Waals surface area contributed by atoms with E-state index in [1.54, 1.807) is 0 Å². The summed E-state index contributed by atoms with van der Waals surface area (Å²) in [6.07, 6.45) is 3.49. The van der Waals surface area contributed by atoms with Crippen molar-refractivity contribution in [2.24, 2.45) is 5.73 Å². The highest BCUT2D eigenvalue weighted by Crippen LogP contribution is 2.33. The Morgan fingerprint density at radius 1 is 1.18 bits per heavy atom. The van der Waals surface area contributed by atoms with Crippen LogP contribution < -0.4 is 15.2 Å². The van der Waals surface area contributed by atoms with Crippen LogP contribution in [0.4, 0.5) is 0 Å². The molecule has 0 amide bonds. The van der Waals surface area contributed by atoms with Crippen LogP contribution in [0.2, 0.25) is 0 Å². The number of rotatable bonds is 5. The number of piperidine rings is 1. The molecule has 2 heterocycles. The zero-order chi connectivity index (χ0) is 15.4. The summed E-state index contributed by atoms with van der Waals surface area (Å²) in [6, 6.07) is 6.09. The zero-order valence-electron chi connectivity index (χ0n) is 13.0. The fourth-order valence-electron chi connectivity index (χ4n) is 3.12. The van der Waals surface area contributed by atoms with Crippen molar-refractivity contribution >= 4 is 0 Å². The molecule has 0 bridgehead atoms. The van der Waals surface area contributed by atoms with Gasteiger partial charge in [0.05, 0.1) is 6.10 Å². The second-order valence-corrected chi connectivity index (χ2v) is 6.24. The molecule has 122 valence electrons. The smallest absolute Gasteiger partial charge is 0.161 e. The summed E-state index contributed by atoms with van der Waals surface area (Å²) >= 11 is 0. The quantitative estimate of drug-likeness (QED) is 0.866. The maximum Gasteiger partial charge on any atom is 0.161 e. The van der Waals surface area contributed by atoms with Gasteiger partial charge in [-0.3, -0.25) is 0 Å². The SMILES string of the molecule is NC1CCN(CCCC(O)c2ccc3c(c2)OCCO3)CC1. The van der Waals surface area contributed by atoms with E-state index in [9.17, 15) is 5.11 Å². The van der Waals surface area contributed by atoms with Crippen LogP contribution in [0.5, 0.6) is 11.5 Å². The molecule has 0 aromatic heterocycles. The minimum atomic E-state index is -0.442. The van der Waals surface area contributed by atoms with Gasteiger partial charge in [0.25, 0.3) is 0 Å². The standard InChI is InChI=1S/C17H26N2O3/c18-14-5-8-19(9-6-14)7-1-2-15(20)13-3-4-16-17(12-13)22-11-10-21-16/h3-4,12,14-15,20H,1-2,5-11,18H2. The van der Waals surface area contributed by atoms with Gasteiger partial charge in [-0.05, 0) is 63.0 Å². The molecule has 0 aliphatic carbocycles. The second-order valence-electron chi connectivity index (χ2n) is 6.24. The van der Waals surface area contributed by atoms with Crippen LogP contribution in [-0.4, -0.2) is 48.9 Å². The van der Waals surface area contributed by atoms with Gasteiger partial charge in [-0.15, -0.1) is 0 Å². The lowest BCUT2D eigenvalue weighted by Crippen LogP contribution is -2.40. The van der Waals surface area contributed by atoms with Crippen molar-refractivity contribution in [2.45, 2.75) is 37.8 Å². The van der Waals surface area contributed by atoms with E-state index in [0.717, 1.165) is 62.4 Å². The Morgan fingerprint density at radius 2 is 1.91 bits per heavy atom. The molecule has 1 aromatic rings. The van der Waals surface area contributed by atoms with Crippen LogP contribution >= 0.6 is 0 Å². The maximum absolute atomic E-state index is 10.4. The van der Waals surface area contributed by atoms with Crippen LogP contribution in [0.15, 0.2) is 18.2 Å². The average molecular weight is 306 g/mol. The first-order valence-corrected chi connectivity index (χ1v) is 8.28. The van der Waals surface area contributed by atoms with Crippen molar-refractivity contribution in [3.8, 4) is 11.5 Å². The largest absolute Gasteiger partial charge is 0.486 e. The number of hydrogen-bond donors (Lipinski definition) is 2.